The van der Waals surface area contributed by atoms with Gasteiger partial charge in [-0.3, -0.25) is 4.57 Å². The summed E-state index contributed by atoms with van der Waals surface area (Å²) in [5, 5.41) is 2.74. The maximum atomic E-state index is 12.4. The maximum absolute atomic E-state index is 12.4. The molecule has 1 aliphatic rings. The van der Waals surface area contributed by atoms with Gasteiger partial charge in [-0.25, -0.2) is 0 Å². The smallest absolute Gasteiger partial charge is 0.308 e. The molecule has 84 valence electrons. The number of hydrogen-bond donors (Lipinski definition) is 1. The quantitative estimate of drug-likeness (QED) is 0.724. The molecule has 0 amide bonds. The minimum absolute atomic E-state index is 0.425. The van der Waals surface area contributed by atoms with E-state index in [4.69, 9.17) is 9.05 Å². The lowest BCUT2D eigenvalue weighted by Crippen LogP contribution is -2.37. The first-order valence-corrected chi connectivity index (χ1v) is 6.76. The molecular weight excluding hydrogens is 201 g/mol. The van der Waals surface area contributed by atoms with Crippen LogP contribution in [0.3, 0.4) is 0 Å². The van der Waals surface area contributed by atoms with E-state index in [1.165, 1.54) is 0 Å². The van der Waals surface area contributed by atoms with Gasteiger partial charge in [-0.2, -0.15) is 0 Å². The van der Waals surface area contributed by atoms with E-state index in [0.717, 1.165) is 19.4 Å². The van der Waals surface area contributed by atoms with Crippen molar-refractivity contribution in [3.8, 4) is 0 Å². The van der Waals surface area contributed by atoms with Gasteiger partial charge in [0.2, 0.25) is 0 Å². The Morgan fingerprint density at radius 2 is 1.93 bits per heavy atom. The van der Waals surface area contributed by atoms with Crippen molar-refractivity contribution in [2.24, 2.45) is 0 Å². The summed E-state index contributed by atoms with van der Waals surface area (Å²) in [4.78, 5) is 0. The first kappa shape index (κ1) is 12.2. The van der Waals surface area contributed by atoms with Crippen LogP contribution in [0.15, 0.2) is 0 Å². The van der Waals surface area contributed by atoms with Crippen molar-refractivity contribution in [1.29, 1.82) is 0 Å². The molecule has 0 aromatic carbocycles. The van der Waals surface area contributed by atoms with Crippen LogP contribution in [0.4, 0.5) is 0 Å². The van der Waals surface area contributed by atoms with Gasteiger partial charge in [0.1, 0.15) is 5.28 Å². The second-order valence-corrected chi connectivity index (χ2v) is 6.14. The average Bonchev–Trinajstić information content (AvgIpc) is 2.54. The molecular formula is C9H20NO3P. The molecule has 1 N–H and O–H groups in total. The second-order valence-electron chi connectivity index (χ2n) is 3.64. The van der Waals surface area contributed by atoms with E-state index in [1.54, 1.807) is 0 Å². The molecule has 1 saturated heterocycles. The van der Waals surface area contributed by atoms with Gasteiger partial charge in [-0.05, 0) is 40.2 Å². The lowest BCUT2D eigenvalue weighted by molar-refractivity contribution is 0.194. The minimum atomic E-state index is -2.99. The number of nitrogens with one attached hydrogen (secondary N) is 1. The number of rotatable bonds is 5. The highest BCUT2D eigenvalue weighted by molar-refractivity contribution is 7.55. The third-order valence-electron chi connectivity index (χ3n) is 2.55. The van der Waals surface area contributed by atoms with Crippen LogP contribution in [-0.4, -0.2) is 25.0 Å². The molecule has 0 radical (unpaired) electrons. The molecule has 0 aromatic heterocycles. The van der Waals surface area contributed by atoms with Gasteiger partial charge < -0.3 is 14.4 Å². The predicted octanol–water partition coefficient (Wildman–Crippen LogP) is 2.35. The van der Waals surface area contributed by atoms with Crippen molar-refractivity contribution < 1.29 is 13.6 Å². The predicted molar refractivity (Wildman–Crippen MR) is 56.5 cm³/mol. The largest absolute Gasteiger partial charge is 0.350 e. The first-order chi connectivity index (χ1) is 6.58. The zero-order valence-corrected chi connectivity index (χ0v) is 10.1. The van der Waals surface area contributed by atoms with Crippen LogP contribution in [0.1, 0.15) is 33.6 Å². The second kappa shape index (κ2) is 4.75. The third kappa shape index (κ3) is 2.19. The summed E-state index contributed by atoms with van der Waals surface area (Å²) in [6.07, 6.45) is 1.88. The Morgan fingerprint density at radius 3 is 2.29 bits per heavy atom. The zero-order valence-electron chi connectivity index (χ0n) is 9.21. The minimum Gasteiger partial charge on any atom is -0.308 e. The summed E-state index contributed by atoms with van der Waals surface area (Å²) in [6, 6.07) is 0. The van der Waals surface area contributed by atoms with Crippen LogP contribution in [0, 0.1) is 0 Å². The Kier molecular flexibility index (Phi) is 4.14. The molecule has 0 spiro atoms. The van der Waals surface area contributed by atoms with E-state index in [1.807, 2.05) is 20.8 Å². The summed E-state index contributed by atoms with van der Waals surface area (Å²) < 4.78 is 23.1. The van der Waals surface area contributed by atoms with Crippen molar-refractivity contribution in [2.45, 2.75) is 38.9 Å². The van der Waals surface area contributed by atoms with Crippen LogP contribution in [-0.2, 0) is 13.6 Å². The molecule has 0 unspecified atom stereocenters. The highest BCUT2D eigenvalue weighted by Gasteiger charge is 2.48. The van der Waals surface area contributed by atoms with E-state index < -0.39 is 12.9 Å². The van der Waals surface area contributed by atoms with Crippen molar-refractivity contribution in [3.63, 3.8) is 0 Å². The third-order valence-corrected chi connectivity index (χ3v) is 5.34. The Bertz CT molecular complexity index is 216. The van der Waals surface area contributed by atoms with Gasteiger partial charge >= 0.3 is 7.60 Å². The molecule has 1 fully saturated rings. The normalized spacial score (nSPS) is 28.2. The average molecular weight is 221 g/mol. The van der Waals surface area contributed by atoms with Crippen LogP contribution in [0.25, 0.3) is 0 Å². The fraction of sp³-hybridized carbons (Fsp3) is 1.00. The summed E-state index contributed by atoms with van der Waals surface area (Å²) in [5.74, 6) is 0. The fourth-order valence-electron chi connectivity index (χ4n) is 1.77. The van der Waals surface area contributed by atoms with Crippen molar-refractivity contribution >= 4 is 7.60 Å². The SMILES string of the molecule is CCOP(=O)(OCC)[C@]1(C)CCCN1. The fourth-order valence-corrected chi connectivity index (χ4v) is 3.84. The Morgan fingerprint density at radius 1 is 1.36 bits per heavy atom. The molecule has 0 aliphatic carbocycles. The Hall–Kier alpha value is 0.110. The molecule has 1 atom stereocenters. The van der Waals surface area contributed by atoms with Crippen LogP contribution >= 0.6 is 7.60 Å². The lowest BCUT2D eigenvalue weighted by Gasteiger charge is -2.32. The topological polar surface area (TPSA) is 47.6 Å². The number of hydrogen-bond acceptors (Lipinski definition) is 4. The highest BCUT2D eigenvalue weighted by Crippen LogP contribution is 2.61. The summed E-state index contributed by atoms with van der Waals surface area (Å²) >= 11 is 0. The van der Waals surface area contributed by atoms with Crippen molar-refractivity contribution in [3.05, 3.63) is 0 Å². The zero-order chi connectivity index (χ0) is 10.7. The van der Waals surface area contributed by atoms with Crippen LogP contribution in [0.2, 0.25) is 0 Å². The van der Waals surface area contributed by atoms with Gasteiger partial charge in [-0.1, -0.05) is 0 Å². The monoisotopic (exact) mass is 221 g/mol. The Balaban J connectivity index is 2.79. The summed E-state index contributed by atoms with van der Waals surface area (Å²) in [6.45, 7) is 7.34. The van der Waals surface area contributed by atoms with E-state index in [0.29, 0.717) is 13.2 Å². The van der Waals surface area contributed by atoms with E-state index in [2.05, 4.69) is 5.32 Å². The van der Waals surface area contributed by atoms with Crippen LogP contribution in [0.5, 0.6) is 0 Å². The van der Waals surface area contributed by atoms with Gasteiger partial charge in [-0.15, -0.1) is 0 Å². The lowest BCUT2D eigenvalue weighted by atomic mass is 10.2. The van der Waals surface area contributed by atoms with Gasteiger partial charge in [0.05, 0.1) is 13.2 Å². The molecule has 0 aromatic rings. The van der Waals surface area contributed by atoms with E-state index in [9.17, 15) is 4.57 Å². The molecule has 1 rings (SSSR count). The molecule has 4 nitrogen and oxygen atoms in total. The highest BCUT2D eigenvalue weighted by atomic mass is 31.2. The summed E-state index contributed by atoms with van der Waals surface area (Å²) in [5.41, 5.74) is 0. The van der Waals surface area contributed by atoms with Crippen molar-refractivity contribution in [2.75, 3.05) is 19.8 Å². The maximum Gasteiger partial charge on any atom is 0.350 e. The van der Waals surface area contributed by atoms with Gasteiger partial charge in [0.15, 0.2) is 0 Å². The summed E-state index contributed by atoms with van der Waals surface area (Å²) in [7, 11) is -2.99. The van der Waals surface area contributed by atoms with Gasteiger partial charge in [0.25, 0.3) is 0 Å². The van der Waals surface area contributed by atoms with E-state index >= 15 is 0 Å². The first-order valence-electron chi connectivity index (χ1n) is 5.22. The Labute approximate surface area is 85.9 Å². The molecule has 5 heteroatoms. The standard InChI is InChI=1S/C9H20NO3P/c1-4-12-14(11,13-5-2)9(3)7-6-8-10-9/h10H,4-8H2,1-3H3/t9-/m1/s1. The van der Waals surface area contributed by atoms with Crippen LogP contribution < -0.4 is 5.32 Å². The molecule has 14 heavy (non-hydrogen) atoms. The van der Waals surface area contributed by atoms with Gasteiger partial charge in [0, 0.05) is 0 Å². The van der Waals surface area contributed by atoms with E-state index in [-0.39, 0.29) is 0 Å². The molecule has 1 aliphatic heterocycles. The van der Waals surface area contributed by atoms with Crippen molar-refractivity contribution in [1.82, 2.24) is 5.32 Å². The molecule has 1 heterocycles. The molecule has 0 bridgehead atoms. The molecule has 0 saturated carbocycles.